The number of hydrogen-bond acceptors (Lipinski definition) is 4. The van der Waals surface area contributed by atoms with Crippen LogP contribution in [0.1, 0.15) is 19.4 Å². The van der Waals surface area contributed by atoms with Crippen LogP contribution in [0.4, 0.5) is 0 Å². The highest BCUT2D eigenvalue weighted by Gasteiger charge is 2.32. The highest BCUT2D eigenvalue weighted by atomic mass is 79.9. The van der Waals surface area contributed by atoms with E-state index in [1.54, 1.807) is 6.07 Å². The molecule has 1 aliphatic rings. The highest BCUT2D eigenvalue weighted by molar-refractivity contribution is 9.10. The normalized spacial score (nSPS) is 14.8. The van der Waals surface area contributed by atoms with Crippen LogP contribution in [0.2, 0.25) is 0 Å². The molecule has 1 aliphatic heterocycles. The number of aliphatic hydroxyl groups excluding tert-OH is 1. The predicted octanol–water partition coefficient (Wildman–Crippen LogP) is 2.20. The van der Waals surface area contributed by atoms with Crippen molar-refractivity contribution in [1.82, 2.24) is 0 Å². The summed E-state index contributed by atoms with van der Waals surface area (Å²) in [7, 11) is 0. The van der Waals surface area contributed by atoms with Crippen molar-refractivity contribution in [2.45, 2.75) is 19.3 Å². The molecule has 0 spiro atoms. The Balaban J connectivity index is 2.67. The summed E-state index contributed by atoms with van der Waals surface area (Å²) in [5.74, 6) is 1.21. The van der Waals surface area contributed by atoms with Crippen LogP contribution in [0.5, 0.6) is 17.2 Å². The molecule has 0 radical (unpaired) electrons. The van der Waals surface area contributed by atoms with Gasteiger partial charge in [0.1, 0.15) is 19.0 Å². The Morgan fingerprint density at radius 3 is 2.65 bits per heavy atom. The van der Waals surface area contributed by atoms with Crippen LogP contribution >= 0.6 is 15.9 Å². The van der Waals surface area contributed by atoms with Gasteiger partial charge < -0.3 is 19.7 Å². The zero-order chi connectivity index (χ0) is 12.6. The lowest BCUT2D eigenvalue weighted by Gasteiger charge is -2.30. The fourth-order valence-electron chi connectivity index (χ4n) is 1.85. The number of aliphatic hydroxyl groups is 1. The van der Waals surface area contributed by atoms with E-state index in [4.69, 9.17) is 9.47 Å². The van der Waals surface area contributed by atoms with Crippen molar-refractivity contribution >= 4 is 15.9 Å². The third-order valence-corrected chi connectivity index (χ3v) is 3.44. The molecule has 1 heterocycles. The minimum absolute atomic E-state index is 0.0905. The number of ether oxygens (including phenoxy) is 2. The zero-order valence-electron chi connectivity index (χ0n) is 9.79. The van der Waals surface area contributed by atoms with Crippen molar-refractivity contribution in [1.29, 1.82) is 0 Å². The molecular formula is C12H15BrO4. The predicted molar refractivity (Wildman–Crippen MR) is 66.9 cm³/mol. The third kappa shape index (κ3) is 2.09. The van der Waals surface area contributed by atoms with Crippen LogP contribution in [0.15, 0.2) is 10.5 Å². The Morgan fingerprint density at radius 1 is 1.35 bits per heavy atom. The lowest BCUT2D eigenvalue weighted by atomic mass is 9.84. The van der Waals surface area contributed by atoms with Crippen LogP contribution in [0, 0.1) is 0 Å². The number of phenolic OH excluding ortho intramolecular Hbond substituents is 1. The maximum Gasteiger partial charge on any atom is 0.168 e. The van der Waals surface area contributed by atoms with Crippen LogP contribution in [0.25, 0.3) is 0 Å². The van der Waals surface area contributed by atoms with Gasteiger partial charge in [-0.3, -0.25) is 0 Å². The van der Waals surface area contributed by atoms with E-state index < -0.39 is 5.41 Å². The minimum atomic E-state index is -0.599. The van der Waals surface area contributed by atoms with Gasteiger partial charge in [-0.25, -0.2) is 0 Å². The fraction of sp³-hybridized carbons (Fsp3) is 0.500. The lowest BCUT2D eigenvalue weighted by molar-refractivity contribution is 0.159. The second-order valence-corrected chi connectivity index (χ2v) is 5.50. The van der Waals surface area contributed by atoms with Gasteiger partial charge in [0.05, 0.1) is 11.1 Å². The first-order chi connectivity index (χ1) is 7.97. The van der Waals surface area contributed by atoms with E-state index >= 15 is 0 Å². The molecule has 1 aromatic rings. The van der Waals surface area contributed by atoms with Gasteiger partial charge in [-0.1, -0.05) is 13.8 Å². The van der Waals surface area contributed by atoms with Crippen LogP contribution in [-0.2, 0) is 5.41 Å². The first kappa shape index (κ1) is 12.5. The molecular weight excluding hydrogens is 288 g/mol. The van der Waals surface area contributed by atoms with Crippen LogP contribution in [0.3, 0.4) is 0 Å². The maximum absolute atomic E-state index is 10.1. The van der Waals surface area contributed by atoms with Gasteiger partial charge in [-0.05, 0) is 15.9 Å². The molecule has 0 aromatic heterocycles. The van der Waals surface area contributed by atoms with Crippen LogP contribution in [-0.4, -0.2) is 30.0 Å². The summed E-state index contributed by atoms with van der Waals surface area (Å²) < 4.78 is 11.6. The molecule has 2 rings (SSSR count). The van der Waals surface area contributed by atoms with Gasteiger partial charge in [0, 0.05) is 17.0 Å². The lowest BCUT2D eigenvalue weighted by Crippen LogP contribution is -2.26. The quantitative estimate of drug-likeness (QED) is 0.879. The first-order valence-electron chi connectivity index (χ1n) is 5.40. The standard InChI is InChI=1S/C12H15BrO4/c1-12(2,6-14)9-10(15)7(13)5-8-11(9)17-4-3-16-8/h5,14-15H,3-4,6H2,1-2H3. The van der Waals surface area contributed by atoms with Crippen molar-refractivity contribution in [3.05, 3.63) is 16.1 Å². The molecule has 2 N–H and O–H groups in total. The van der Waals surface area contributed by atoms with Crippen LogP contribution < -0.4 is 9.47 Å². The van der Waals surface area contributed by atoms with Crippen molar-refractivity contribution in [3.8, 4) is 17.2 Å². The highest BCUT2D eigenvalue weighted by Crippen LogP contribution is 2.48. The zero-order valence-corrected chi connectivity index (χ0v) is 11.4. The molecule has 0 bridgehead atoms. The number of fused-ring (bicyclic) bond motifs is 1. The Labute approximate surface area is 108 Å². The van der Waals surface area contributed by atoms with E-state index in [2.05, 4.69) is 15.9 Å². The number of benzene rings is 1. The third-order valence-electron chi connectivity index (χ3n) is 2.83. The SMILES string of the molecule is CC(C)(CO)c1c(O)c(Br)cc2c1OCCO2. The number of hydrogen-bond donors (Lipinski definition) is 2. The summed E-state index contributed by atoms with van der Waals surface area (Å²) in [6, 6.07) is 1.68. The topological polar surface area (TPSA) is 58.9 Å². The van der Waals surface area contributed by atoms with E-state index in [1.165, 1.54) is 0 Å². The molecule has 0 fully saturated rings. The monoisotopic (exact) mass is 302 g/mol. The summed E-state index contributed by atoms with van der Waals surface area (Å²) >= 11 is 3.28. The average Bonchev–Trinajstić information content (AvgIpc) is 2.30. The number of phenols is 1. The average molecular weight is 303 g/mol. The van der Waals surface area contributed by atoms with Crippen molar-refractivity contribution in [2.75, 3.05) is 19.8 Å². The Kier molecular flexibility index (Phi) is 3.23. The van der Waals surface area contributed by atoms with E-state index in [-0.39, 0.29) is 12.4 Å². The molecule has 5 heteroatoms. The number of rotatable bonds is 2. The Morgan fingerprint density at radius 2 is 2.00 bits per heavy atom. The summed E-state index contributed by atoms with van der Waals surface area (Å²) in [4.78, 5) is 0. The summed E-state index contributed by atoms with van der Waals surface area (Å²) in [5.41, 5.74) is -0.0253. The first-order valence-corrected chi connectivity index (χ1v) is 6.19. The molecule has 94 valence electrons. The van der Waals surface area contributed by atoms with Crippen molar-refractivity contribution in [3.63, 3.8) is 0 Å². The Bertz CT molecular complexity index is 443. The summed E-state index contributed by atoms with van der Waals surface area (Å²) in [5, 5.41) is 19.6. The van der Waals surface area contributed by atoms with E-state index in [0.717, 1.165) is 0 Å². The molecule has 0 atom stereocenters. The van der Waals surface area contributed by atoms with E-state index in [9.17, 15) is 10.2 Å². The Hall–Kier alpha value is -0.940. The minimum Gasteiger partial charge on any atom is -0.506 e. The van der Waals surface area contributed by atoms with Crippen molar-refractivity contribution < 1.29 is 19.7 Å². The molecule has 0 aliphatic carbocycles. The van der Waals surface area contributed by atoms with Crippen molar-refractivity contribution in [2.24, 2.45) is 0 Å². The number of aromatic hydroxyl groups is 1. The van der Waals surface area contributed by atoms with Gasteiger partial charge in [0.15, 0.2) is 11.5 Å². The summed E-state index contributed by atoms with van der Waals surface area (Å²) in [6.45, 7) is 4.53. The van der Waals surface area contributed by atoms with Gasteiger partial charge in [-0.15, -0.1) is 0 Å². The molecule has 0 saturated carbocycles. The van der Waals surface area contributed by atoms with E-state index in [1.807, 2.05) is 13.8 Å². The molecule has 1 aromatic carbocycles. The second kappa shape index (κ2) is 4.38. The molecule has 0 saturated heterocycles. The van der Waals surface area contributed by atoms with E-state index in [0.29, 0.717) is 34.7 Å². The molecule has 4 nitrogen and oxygen atoms in total. The maximum atomic E-state index is 10.1. The van der Waals surface area contributed by atoms with Gasteiger partial charge in [0.25, 0.3) is 0 Å². The molecule has 0 amide bonds. The fourth-order valence-corrected chi connectivity index (χ4v) is 2.26. The second-order valence-electron chi connectivity index (χ2n) is 4.65. The smallest absolute Gasteiger partial charge is 0.168 e. The van der Waals surface area contributed by atoms with Gasteiger partial charge in [-0.2, -0.15) is 0 Å². The summed E-state index contributed by atoms with van der Waals surface area (Å²) in [6.07, 6.45) is 0. The van der Waals surface area contributed by atoms with Gasteiger partial charge in [0.2, 0.25) is 0 Å². The molecule has 17 heavy (non-hydrogen) atoms. The largest absolute Gasteiger partial charge is 0.506 e. The molecule has 0 unspecified atom stereocenters. The van der Waals surface area contributed by atoms with Gasteiger partial charge >= 0.3 is 0 Å². The number of halogens is 1.